The van der Waals surface area contributed by atoms with Crippen molar-refractivity contribution >= 4 is 35.2 Å². The predicted octanol–water partition coefficient (Wildman–Crippen LogP) is 3.19. The Kier molecular flexibility index (Phi) is 7.57. The van der Waals surface area contributed by atoms with Gasteiger partial charge in [0.25, 0.3) is 0 Å². The Bertz CT molecular complexity index is 802. The molecule has 0 bridgehead atoms. The molecule has 27 heavy (non-hydrogen) atoms. The molecule has 1 aliphatic heterocycles. The second kappa shape index (κ2) is 9.67. The molecular formula is C19H22ClN3O3S. The van der Waals surface area contributed by atoms with Gasteiger partial charge in [-0.1, -0.05) is 43.3 Å². The third-order valence-corrected chi connectivity index (χ3v) is 5.30. The lowest BCUT2D eigenvalue weighted by molar-refractivity contribution is -0.121. The van der Waals surface area contributed by atoms with Crippen LogP contribution in [-0.2, 0) is 9.59 Å². The van der Waals surface area contributed by atoms with E-state index in [1.54, 1.807) is 18.2 Å². The zero-order valence-corrected chi connectivity index (χ0v) is 17.0. The van der Waals surface area contributed by atoms with Gasteiger partial charge < -0.3 is 15.4 Å². The van der Waals surface area contributed by atoms with Gasteiger partial charge in [0.05, 0.1) is 34.6 Å². The number of benzene rings is 1. The van der Waals surface area contributed by atoms with Crippen LogP contribution in [0.15, 0.2) is 28.8 Å². The molecule has 8 heteroatoms. The molecule has 144 valence electrons. The first kappa shape index (κ1) is 21.1. The molecule has 2 amide bonds. The largest absolute Gasteiger partial charge is 0.495 e. The number of thioether (sulfide) groups is 1. The highest BCUT2D eigenvalue weighted by atomic mass is 35.5. The standard InChI is InChI=1S/C19H22ClN3O3S/c1-11(2)9-22-18(25)10-27-19-14(8-21)13(7-17(24)23-19)12-4-5-16(26-3)15(20)6-12/h4-6,11,13H,7,9-10H2,1-3H3,(H,22,25)(H,23,24)/t13-/m0/s1. The summed E-state index contributed by atoms with van der Waals surface area (Å²) in [6, 6.07) is 7.40. The SMILES string of the molecule is COc1ccc([C@@H]2CC(=O)NC(SCC(=O)NCC(C)C)=C2C#N)cc1Cl. The van der Waals surface area contributed by atoms with E-state index in [1.165, 1.54) is 7.11 Å². The quantitative estimate of drug-likeness (QED) is 0.724. The van der Waals surface area contributed by atoms with E-state index >= 15 is 0 Å². The predicted molar refractivity (Wildman–Crippen MR) is 106 cm³/mol. The topological polar surface area (TPSA) is 91.2 Å². The highest BCUT2D eigenvalue weighted by Crippen LogP contribution is 2.38. The highest BCUT2D eigenvalue weighted by Gasteiger charge is 2.30. The number of amides is 2. The molecule has 1 heterocycles. The number of nitrogens with one attached hydrogen (secondary N) is 2. The van der Waals surface area contributed by atoms with Crippen molar-refractivity contribution in [1.82, 2.24) is 10.6 Å². The first-order valence-electron chi connectivity index (χ1n) is 8.52. The number of methoxy groups -OCH3 is 1. The minimum atomic E-state index is -0.409. The third-order valence-electron chi connectivity index (χ3n) is 3.99. The first-order valence-corrected chi connectivity index (χ1v) is 9.89. The molecular weight excluding hydrogens is 386 g/mol. The number of allylic oxidation sites excluding steroid dienone is 1. The van der Waals surface area contributed by atoms with Crippen LogP contribution in [0.5, 0.6) is 5.75 Å². The molecule has 0 spiro atoms. The van der Waals surface area contributed by atoms with Gasteiger partial charge in [0.15, 0.2) is 0 Å². The van der Waals surface area contributed by atoms with Gasteiger partial charge in [-0.3, -0.25) is 9.59 Å². The summed E-state index contributed by atoms with van der Waals surface area (Å²) in [6.45, 7) is 4.61. The summed E-state index contributed by atoms with van der Waals surface area (Å²) >= 11 is 7.35. The Morgan fingerprint density at radius 3 is 2.85 bits per heavy atom. The van der Waals surface area contributed by atoms with Crippen LogP contribution in [0.25, 0.3) is 0 Å². The van der Waals surface area contributed by atoms with Gasteiger partial charge in [-0.15, -0.1) is 0 Å². The van der Waals surface area contributed by atoms with E-state index in [9.17, 15) is 14.9 Å². The van der Waals surface area contributed by atoms with Crippen LogP contribution in [0.2, 0.25) is 5.02 Å². The summed E-state index contributed by atoms with van der Waals surface area (Å²) in [5, 5.41) is 16.0. The van der Waals surface area contributed by atoms with Gasteiger partial charge in [0.2, 0.25) is 11.8 Å². The van der Waals surface area contributed by atoms with Crippen LogP contribution in [0.4, 0.5) is 0 Å². The number of halogens is 1. The minimum Gasteiger partial charge on any atom is -0.495 e. The van der Waals surface area contributed by atoms with Crippen molar-refractivity contribution in [3.05, 3.63) is 39.4 Å². The smallest absolute Gasteiger partial charge is 0.230 e. The van der Waals surface area contributed by atoms with Gasteiger partial charge in [-0.25, -0.2) is 0 Å². The molecule has 0 saturated carbocycles. The summed E-state index contributed by atoms with van der Waals surface area (Å²) in [5.41, 5.74) is 1.19. The molecule has 0 fully saturated rings. The lowest BCUT2D eigenvalue weighted by Gasteiger charge is -2.25. The molecule has 1 aromatic carbocycles. The van der Waals surface area contributed by atoms with E-state index in [4.69, 9.17) is 16.3 Å². The number of hydrogen-bond donors (Lipinski definition) is 2. The van der Waals surface area contributed by atoms with Crippen LogP contribution in [-0.4, -0.2) is 31.2 Å². The molecule has 2 N–H and O–H groups in total. The second-order valence-electron chi connectivity index (χ2n) is 6.54. The van der Waals surface area contributed by atoms with E-state index in [0.717, 1.165) is 17.3 Å². The molecule has 0 saturated heterocycles. The Morgan fingerprint density at radius 1 is 1.52 bits per heavy atom. The van der Waals surface area contributed by atoms with E-state index in [0.29, 0.717) is 33.8 Å². The molecule has 1 atom stereocenters. The molecule has 6 nitrogen and oxygen atoms in total. The number of ether oxygens (including phenoxy) is 1. The van der Waals surface area contributed by atoms with Crippen molar-refractivity contribution in [2.24, 2.45) is 5.92 Å². The number of nitrogens with zero attached hydrogens (tertiary/aromatic N) is 1. The summed E-state index contributed by atoms with van der Waals surface area (Å²) < 4.78 is 5.15. The fourth-order valence-corrected chi connectivity index (χ4v) is 3.80. The van der Waals surface area contributed by atoms with E-state index in [2.05, 4.69) is 16.7 Å². The highest BCUT2D eigenvalue weighted by molar-refractivity contribution is 8.03. The molecule has 0 aromatic heterocycles. The van der Waals surface area contributed by atoms with E-state index in [1.807, 2.05) is 13.8 Å². The Balaban J connectivity index is 2.22. The zero-order valence-electron chi connectivity index (χ0n) is 15.5. The minimum absolute atomic E-state index is 0.129. The van der Waals surface area contributed by atoms with Crippen LogP contribution >= 0.6 is 23.4 Å². The summed E-state index contributed by atoms with van der Waals surface area (Å²) in [5.74, 6) is 0.265. The fraction of sp³-hybridized carbons (Fsp3) is 0.421. The maximum absolute atomic E-state index is 12.2. The lowest BCUT2D eigenvalue weighted by atomic mass is 9.87. The van der Waals surface area contributed by atoms with E-state index in [-0.39, 0.29) is 24.0 Å². The van der Waals surface area contributed by atoms with Gasteiger partial charge in [-0.2, -0.15) is 5.26 Å². The summed E-state index contributed by atoms with van der Waals surface area (Å²) in [4.78, 5) is 24.1. The van der Waals surface area contributed by atoms with E-state index < -0.39 is 5.92 Å². The third kappa shape index (κ3) is 5.65. The van der Waals surface area contributed by atoms with Crippen molar-refractivity contribution in [3.63, 3.8) is 0 Å². The maximum Gasteiger partial charge on any atom is 0.230 e. The molecule has 2 rings (SSSR count). The van der Waals surface area contributed by atoms with Crippen LogP contribution < -0.4 is 15.4 Å². The first-order chi connectivity index (χ1) is 12.8. The molecule has 0 radical (unpaired) electrons. The van der Waals surface area contributed by atoms with Gasteiger partial charge in [0, 0.05) is 18.9 Å². The van der Waals surface area contributed by atoms with Crippen LogP contribution in [0.3, 0.4) is 0 Å². The van der Waals surface area contributed by atoms with Crippen molar-refractivity contribution in [2.45, 2.75) is 26.2 Å². The Hall–Kier alpha value is -2.17. The van der Waals surface area contributed by atoms with Crippen molar-refractivity contribution < 1.29 is 14.3 Å². The van der Waals surface area contributed by atoms with Gasteiger partial charge in [0.1, 0.15) is 5.75 Å². The second-order valence-corrected chi connectivity index (χ2v) is 7.93. The molecule has 0 unspecified atom stereocenters. The number of carbonyl (C=O) groups is 2. The molecule has 1 aliphatic rings. The van der Waals surface area contributed by atoms with Crippen LogP contribution in [0, 0.1) is 17.2 Å². The summed E-state index contributed by atoms with van der Waals surface area (Å²) in [6.07, 6.45) is 0.148. The number of rotatable bonds is 7. The molecule has 0 aliphatic carbocycles. The Labute approximate surface area is 168 Å². The number of carbonyl (C=O) groups excluding carboxylic acids is 2. The lowest BCUT2D eigenvalue weighted by Crippen LogP contribution is -2.33. The average molecular weight is 408 g/mol. The van der Waals surface area contributed by atoms with Gasteiger partial charge >= 0.3 is 0 Å². The normalized spacial score (nSPS) is 16.7. The zero-order chi connectivity index (χ0) is 20.0. The number of hydrogen-bond acceptors (Lipinski definition) is 5. The van der Waals surface area contributed by atoms with Crippen molar-refractivity contribution in [2.75, 3.05) is 19.4 Å². The van der Waals surface area contributed by atoms with Crippen molar-refractivity contribution in [1.29, 1.82) is 5.26 Å². The van der Waals surface area contributed by atoms with Crippen LogP contribution in [0.1, 0.15) is 31.7 Å². The fourth-order valence-electron chi connectivity index (χ4n) is 2.62. The van der Waals surface area contributed by atoms with Crippen molar-refractivity contribution in [3.8, 4) is 11.8 Å². The maximum atomic E-state index is 12.2. The average Bonchev–Trinajstić information content (AvgIpc) is 2.64. The van der Waals surface area contributed by atoms with Gasteiger partial charge in [-0.05, 0) is 23.6 Å². The Morgan fingerprint density at radius 2 is 2.26 bits per heavy atom. The molecule has 1 aromatic rings. The number of nitriles is 1. The summed E-state index contributed by atoms with van der Waals surface area (Å²) in [7, 11) is 1.52. The monoisotopic (exact) mass is 407 g/mol.